The zero-order chi connectivity index (χ0) is 11.5. The van der Waals surface area contributed by atoms with Crippen LogP contribution in [0.25, 0.3) is 0 Å². The van der Waals surface area contributed by atoms with Gasteiger partial charge in [-0.05, 0) is 29.8 Å². The maximum atomic E-state index is 11.7. The van der Waals surface area contributed by atoms with Crippen LogP contribution in [0, 0.1) is 0 Å². The molecule has 0 atom stereocenters. The fraction of sp³-hybridized carbons (Fsp3) is 0. The summed E-state index contributed by atoms with van der Waals surface area (Å²) in [6, 6.07) is 7.27. The largest absolute Gasteiger partial charge is 0.320 e. The Kier molecular flexibility index (Phi) is 3.52. The molecule has 4 nitrogen and oxygen atoms in total. The molecule has 0 aliphatic rings. The molecule has 0 saturated carbocycles. The van der Waals surface area contributed by atoms with Crippen LogP contribution in [0.15, 0.2) is 28.7 Å². The first-order valence-corrected chi connectivity index (χ1v) is 6.20. The molecule has 0 unspecified atom stereocenters. The topological polar surface area (TPSA) is 54.9 Å². The number of hydrogen-bond donors (Lipinski definition) is 1. The van der Waals surface area contributed by atoms with Crippen molar-refractivity contribution >= 4 is 50.5 Å². The highest BCUT2D eigenvalue weighted by Crippen LogP contribution is 2.19. The maximum absolute atomic E-state index is 11.7. The molecule has 1 heterocycles. The SMILES string of the molecule is O=C(Nc1cccc(Br)c1)c1nnc(Cl)s1. The number of halogens is 2. The second kappa shape index (κ2) is 4.90. The van der Waals surface area contributed by atoms with E-state index in [4.69, 9.17) is 11.6 Å². The first-order valence-electron chi connectivity index (χ1n) is 4.21. The summed E-state index contributed by atoms with van der Waals surface area (Å²) in [6.07, 6.45) is 0. The van der Waals surface area contributed by atoms with Gasteiger partial charge in [-0.2, -0.15) is 0 Å². The highest BCUT2D eigenvalue weighted by molar-refractivity contribution is 9.10. The van der Waals surface area contributed by atoms with Gasteiger partial charge in [-0.1, -0.05) is 33.3 Å². The Hall–Kier alpha value is -0.980. The maximum Gasteiger partial charge on any atom is 0.286 e. The Morgan fingerprint density at radius 3 is 2.88 bits per heavy atom. The van der Waals surface area contributed by atoms with Crippen LogP contribution in [0.1, 0.15) is 9.80 Å². The van der Waals surface area contributed by atoms with Crippen LogP contribution in [0.3, 0.4) is 0 Å². The molecule has 16 heavy (non-hydrogen) atoms. The molecule has 0 saturated heterocycles. The van der Waals surface area contributed by atoms with Crippen molar-refractivity contribution in [3.05, 3.63) is 38.2 Å². The Bertz CT molecular complexity index is 531. The molecule has 1 aromatic heterocycles. The zero-order valence-electron chi connectivity index (χ0n) is 7.78. The van der Waals surface area contributed by atoms with E-state index >= 15 is 0 Å². The predicted octanol–water partition coefficient (Wildman–Crippen LogP) is 3.21. The van der Waals surface area contributed by atoms with Gasteiger partial charge in [-0.3, -0.25) is 4.79 Å². The lowest BCUT2D eigenvalue weighted by molar-refractivity contribution is 0.102. The summed E-state index contributed by atoms with van der Waals surface area (Å²) >= 11 is 9.94. The van der Waals surface area contributed by atoms with E-state index in [2.05, 4.69) is 31.4 Å². The fourth-order valence-electron chi connectivity index (χ4n) is 1.05. The zero-order valence-corrected chi connectivity index (χ0v) is 10.9. The second-order valence-electron chi connectivity index (χ2n) is 2.82. The van der Waals surface area contributed by atoms with Crippen molar-refractivity contribution in [1.82, 2.24) is 10.2 Å². The molecule has 0 bridgehead atoms. The Balaban J connectivity index is 2.13. The quantitative estimate of drug-likeness (QED) is 0.925. The molecule has 0 aliphatic carbocycles. The van der Waals surface area contributed by atoms with Crippen molar-refractivity contribution in [3.63, 3.8) is 0 Å². The summed E-state index contributed by atoms with van der Waals surface area (Å²) in [4.78, 5) is 11.7. The lowest BCUT2D eigenvalue weighted by Crippen LogP contribution is -2.11. The Labute approximate surface area is 109 Å². The molecule has 0 aliphatic heterocycles. The van der Waals surface area contributed by atoms with Gasteiger partial charge in [0.1, 0.15) is 0 Å². The minimum absolute atomic E-state index is 0.241. The molecule has 7 heteroatoms. The number of benzene rings is 1. The normalized spacial score (nSPS) is 10.1. The molecule has 1 amide bonds. The first kappa shape index (κ1) is 11.5. The third kappa shape index (κ3) is 2.78. The molecule has 0 fully saturated rings. The lowest BCUT2D eigenvalue weighted by Gasteiger charge is -2.02. The molecule has 0 spiro atoms. The Morgan fingerprint density at radius 1 is 1.44 bits per heavy atom. The van der Waals surface area contributed by atoms with E-state index in [0.717, 1.165) is 15.8 Å². The standard InChI is InChI=1S/C9H5BrClN3OS/c10-5-2-1-3-6(4-5)12-7(15)8-13-14-9(11)16-8/h1-4H,(H,12,15). The van der Waals surface area contributed by atoms with Crippen LogP contribution in [-0.2, 0) is 0 Å². The average Bonchev–Trinajstić information content (AvgIpc) is 2.65. The Morgan fingerprint density at radius 2 is 2.25 bits per heavy atom. The molecular weight excluding hydrogens is 314 g/mol. The van der Waals surface area contributed by atoms with Gasteiger partial charge in [-0.25, -0.2) is 0 Å². The number of anilines is 1. The molecule has 2 aromatic rings. The van der Waals surface area contributed by atoms with Gasteiger partial charge in [0.15, 0.2) is 0 Å². The first-order chi connectivity index (χ1) is 7.65. The van der Waals surface area contributed by atoms with Crippen LogP contribution in [0.5, 0.6) is 0 Å². The van der Waals surface area contributed by atoms with E-state index in [1.165, 1.54) is 0 Å². The number of nitrogens with zero attached hydrogens (tertiary/aromatic N) is 2. The summed E-state index contributed by atoms with van der Waals surface area (Å²) in [5, 5.41) is 10.1. The van der Waals surface area contributed by atoms with Gasteiger partial charge >= 0.3 is 0 Å². The second-order valence-corrected chi connectivity index (χ2v) is 5.30. The summed E-state index contributed by atoms with van der Waals surface area (Å²) in [6.45, 7) is 0. The number of carbonyl (C=O) groups excluding carboxylic acids is 1. The van der Waals surface area contributed by atoms with E-state index in [1.807, 2.05) is 12.1 Å². The van der Waals surface area contributed by atoms with Crippen LogP contribution < -0.4 is 5.32 Å². The van der Waals surface area contributed by atoms with E-state index in [0.29, 0.717) is 5.69 Å². The predicted molar refractivity (Wildman–Crippen MR) is 67.0 cm³/mol. The van der Waals surface area contributed by atoms with Crippen LogP contribution in [-0.4, -0.2) is 16.1 Å². The molecule has 1 aromatic carbocycles. The number of rotatable bonds is 2. The van der Waals surface area contributed by atoms with Gasteiger partial charge in [-0.15, -0.1) is 10.2 Å². The van der Waals surface area contributed by atoms with E-state index in [-0.39, 0.29) is 15.4 Å². The number of hydrogen-bond acceptors (Lipinski definition) is 4. The van der Waals surface area contributed by atoms with Crippen molar-refractivity contribution in [3.8, 4) is 0 Å². The van der Waals surface area contributed by atoms with Crippen molar-refractivity contribution in [2.75, 3.05) is 5.32 Å². The fourth-order valence-corrected chi connectivity index (χ4v) is 2.17. The number of carbonyl (C=O) groups is 1. The van der Waals surface area contributed by atoms with Crippen LogP contribution in [0.4, 0.5) is 5.69 Å². The van der Waals surface area contributed by atoms with Crippen molar-refractivity contribution in [1.29, 1.82) is 0 Å². The van der Waals surface area contributed by atoms with Crippen LogP contribution >= 0.6 is 38.9 Å². The van der Waals surface area contributed by atoms with Crippen molar-refractivity contribution < 1.29 is 4.79 Å². The smallest absolute Gasteiger partial charge is 0.286 e. The third-order valence-corrected chi connectivity index (χ3v) is 3.19. The summed E-state index contributed by atoms with van der Waals surface area (Å²) in [5.41, 5.74) is 0.686. The average molecular weight is 319 g/mol. The number of nitrogens with one attached hydrogen (secondary N) is 1. The molecule has 1 N–H and O–H groups in total. The minimum atomic E-state index is -0.317. The highest BCUT2D eigenvalue weighted by atomic mass is 79.9. The number of aromatic nitrogens is 2. The van der Waals surface area contributed by atoms with Crippen molar-refractivity contribution in [2.24, 2.45) is 0 Å². The van der Waals surface area contributed by atoms with Crippen molar-refractivity contribution in [2.45, 2.75) is 0 Å². The minimum Gasteiger partial charge on any atom is -0.320 e. The molecule has 2 rings (SSSR count). The summed E-state index contributed by atoms with van der Waals surface area (Å²) in [7, 11) is 0. The van der Waals surface area contributed by atoms with Gasteiger partial charge < -0.3 is 5.32 Å². The van der Waals surface area contributed by atoms with Crippen LogP contribution in [0.2, 0.25) is 4.47 Å². The summed E-state index contributed by atoms with van der Waals surface area (Å²) in [5.74, 6) is -0.317. The van der Waals surface area contributed by atoms with E-state index < -0.39 is 0 Å². The van der Waals surface area contributed by atoms with Gasteiger partial charge in [0.2, 0.25) is 9.47 Å². The highest BCUT2D eigenvalue weighted by Gasteiger charge is 2.11. The summed E-state index contributed by atoms with van der Waals surface area (Å²) < 4.78 is 1.14. The lowest BCUT2D eigenvalue weighted by atomic mass is 10.3. The monoisotopic (exact) mass is 317 g/mol. The van der Waals surface area contributed by atoms with E-state index in [1.54, 1.807) is 12.1 Å². The van der Waals surface area contributed by atoms with Gasteiger partial charge in [0.05, 0.1) is 0 Å². The van der Waals surface area contributed by atoms with E-state index in [9.17, 15) is 4.79 Å². The third-order valence-electron chi connectivity index (χ3n) is 1.68. The number of amides is 1. The van der Waals surface area contributed by atoms with Gasteiger partial charge in [0.25, 0.3) is 5.91 Å². The van der Waals surface area contributed by atoms with Gasteiger partial charge in [0, 0.05) is 10.2 Å². The molecule has 82 valence electrons. The molecule has 0 radical (unpaired) electrons. The molecular formula is C9H5BrClN3OS.